The van der Waals surface area contributed by atoms with Crippen molar-refractivity contribution in [3.8, 4) is 5.75 Å². The predicted molar refractivity (Wildman–Crippen MR) is 105 cm³/mol. The van der Waals surface area contributed by atoms with Gasteiger partial charge in [0.25, 0.3) is 10.0 Å². The van der Waals surface area contributed by atoms with Gasteiger partial charge < -0.3 is 19.8 Å². The lowest BCUT2D eigenvalue weighted by Crippen LogP contribution is -2.24. The van der Waals surface area contributed by atoms with E-state index in [1.54, 1.807) is 4.90 Å². The standard InChI is InChI=1S/C19H19F3N2O6S/c1-30-16-5-2-11(18(26)27)8-17(16)31(28,29)23-14-9-12(19(20,21)22)3-4-15(14)24-7-6-13(25)10-24/h2-5,8-9,13,23,25H,6-7,10H2,1H3,(H,26,27)/t13-/m1/s1. The van der Waals surface area contributed by atoms with Crippen molar-refractivity contribution >= 4 is 27.4 Å². The van der Waals surface area contributed by atoms with Gasteiger partial charge in [0.15, 0.2) is 0 Å². The fourth-order valence-electron chi connectivity index (χ4n) is 3.25. The van der Waals surface area contributed by atoms with Crippen LogP contribution in [0.2, 0.25) is 0 Å². The van der Waals surface area contributed by atoms with Crippen LogP contribution in [-0.2, 0) is 16.2 Å². The van der Waals surface area contributed by atoms with Crippen LogP contribution in [0.15, 0.2) is 41.3 Å². The van der Waals surface area contributed by atoms with Crippen LogP contribution in [0.25, 0.3) is 0 Å². The second kappa shape index (κ2) is 8.27. The Bertz CT molecular complexity index is 1100. The summed E-state index contributed by atoms with van der Waals surface area (Å²) in [5.41, 5.74) is -1.61. The van der Waals surface area contributed by atoms with Crippen molar-refractivity contribution in [3.05, 3.63) is 47.5 Å². The Hall–Kier alpha value is -2.99. The molecule has 0 amide bonds. The van der Waals surface area contributed by atoms with Gasteiger partial charge in [0, 0.05) is 13.1 Å². The third-order valence-electron chi connectivity index (χ3n) is 4.77. The third-order valence-corrected chi connectivity index (χ3v) is 6.16. The minimum absolute atomic E-state index is 0.123. The minimum atomic E-state index is -4.72. The van der Waals surface area contributed by atoms with Gasteiger partial charge in [0.05, 0.1) is 35.7 Å². The van der Waals surface area contributed by atoms with Gasteiger partial charge in [-0.1, -0.05) is 0 Å². The van der Waals surface area contributed by atoms with Crippen LogP contribution in [0.5, 0.6) is 5.75 Å². The number of carboxylic acids is 1. The first-order valence-electron chi connectivity index (χ1n) is 9.01. The van der Waals surface area contributed by atoms with Crippen LogP contribution in [-0.4, -0.2) is 50.9 Å². The molecule has 1 aliphatic heterocycles. The summed E-state index contributed by atoms with van der Waals surface area (Å²) in [6, 6.07) is 5.75. The molecular weight excluding hydrogens is 441 g/mol. The molecular formula is C19H19F3N2O6S. The number of β-amino-alcohol motifs (C(OH)–C–C–N with tert-alkyl or cyclic N) is 1. The lowest BCUT2D eigenvalue weighted by molar-refractivity contribution is -0.137. The maximum atomic E-state index is 13.2. The van der Waals surface area contributed by atoms with Crippen LogP contribution in [0, 0.1) is 0 Å². The maximum absolute atomic E-state index is 13.2. The molecule has 8 nitrogen and oxygen atoms in total. The van der Waals surface area contributed by atoms with Gasteiger partial charge in [-0.15, -0.1) is 0 Å². The number of nitrogens with one attached hydrogen (secondary N) is 1. The number of carbonyl (C=O) groups is 1. The molecule has 0 aliphatic carbocycles. The number of methoxy groups -OCH3 is 1. The number of sulfonamides is 1. The first-order chi connectivity index (χ1) is 14.4. The van der Waals surface area contributed by atoms with E-state index in [2.05, 4.69) is 4.72 Å². The van der Waals surface area contributed by atoms with Crippen molar-refractivity contribution in [3.63, 3.8) is 0 Å². The summed E-state index contributed by atoms with van der Waals surface area (Å²) in [7, 11) is -3.36. The van der Waals surface area contributed by atoms with Crippen molar-refractivity contribution in [2.24, 2.45) is 0 Å². The number of nitrogens with zero attached hydrogens (tertiary/aromatic N) is 1. The fraction of sp³-hybridized carbons (Fsp3) is 0.316. The predicted octanol–water partition coefficient (Wildman–Crippen LogP) is 2.78. The number of alkyl halides is 3. The highest BCUT2D eigenvalue weighted by molar-refractivity contribution is 7.92. The Morgan fingerprint density at radius 1 is 1.23 bits per heavy atom. The van der Waals surface area contributed by atoms with E-state index in [1.165, 1.54) is 7.11 Å². The van der Waals surface area contributed by atoms with Gasteiger partial charge in [-0.05, 0) is 42.8 Å². The molecule has 1 saturated heterocycles. The Kier molecular flexibility index (Phi) is 6.05. The molecule has 3 N–H and O–H groups in total. The first kappa shape index (κ1) is 22.7. The van der Waals surface area contributed by atoms with E-state index in [4.69, 9.17) is 9.84 Å². The van der Waals surface area contributed by atoms with Gasteiger partial charge >= 0.3 is 12.1 Å². The normalized spacial score (nSPS) is 16.9. The van der Waals surface area contributed by atoms with Crippen LogP contribution in [0.3, 0.4) is 0 Å². The molecule has 168 valence electrons. The smallest absolute Gasteiger partial charge is 0.416 e. The van der Waals surface area contributed by atoms with Crippen molar-refractivity contribution in [2.75, 3.05) is 29.8 Å². The third kappa shape index (κ3) is 4.85. The summed E-state index contributed by atoms with van der Waals surface area (Å²) >= 11 is 0. The Labute approximate surface area is 175 Å². The van der Waals surface area contributed by atoms with Gasteiger partial charge in [-0.25, -0.2) is 13.2 Å². The number of benzene rings is 2. The zero-order valence-corrected chi connectivity index (χ0v) is 17.0. The van der Waals surface area contributed by atoms with Crippen molar-refractivity contribution < 1.29 is 41.3 Å². The quantitative estimate of drug-likeness (QED) is 0.607. The molecule has 2 aromatic rings. The number of ether oxygens (including phenoxy) is 1. The fourth-order valence-corrected chi connectivity index (χ4v) is 4.51. The average Bonchev–Trinajstić information content (AvgIpc) is 3.12. The zero-order valence-electron chi connectivity index (χ0n) is 16.2. The van der Waals surface area contributed by atoms with Crippen molar-refractivity contribution in [1.29, 1.82) is 0 Å². The number of aromatic carboxylic acids is 1. The Morgan fingerprint density at radius 2 is 1.94 bits per heavy atom. The molecule has 2 aromatic carbocycles. The lowest BCUT2D eigenvalue weighted by Gasteiger charge is -2.23. The molecule has 0 spiro atoms. The molecule has 0 bridgehead atoms. The van der Waals surface area contributed by atoms with Crippen LogP contribution in [0.1, 0.15) is 22.3 Å². The van der Waals surface area contributed by atoms with E-state index in [-0.39, 0.29) is 29.2 Å². The summed E-state index contributed by atoms with van der Waals surface area (Å²) in [6.07, 6.45) is -5.04. The maximum Gasteiger partial charge on any atom is 0.416 e. The van der Waals surface area contributed by atoms with Crippen molar-refractivity contribution in [2.45, 2.75) is 23.6 Å². The van der Waals surface area contributed by atoms with E-state index in [1.807, 2.05) is 0 Å². The van der Waals surface area contributed by atoms with Gasteiger partial charge in [0.2, 0.25) is 0 Å². The molecule has 0 radical (unpaired) electrons. The topological polar surface area (TPSA) is 116 Å². The van der Waals surface area contributed by atoms with E-state index in [9.17, 15) is 31.5 Å². The highest BCUT2D eigenvalue weighted by Crippen LogP contribution is 2.38. The summed E-state index contributed by atoms with van der Waals surface area (Å²) in [4.78, 5) is 12.3. The van der Waals surface area contributed by atoms with E-state index >= 15 is 0 Å². The number of rotatable bonds is 6. The van der Waals surface area contributed by atoms with Crippen LogP contribution >= 0.6 is 0 Å². The number of anilines is 2. The summed E-state index contributed by atoms with van der Waals surface area (Å²) in [6.45, 7) is 0.441. The summed E-state index contributed by atoms with van der Waals surface area (Å²) in [5, 5.41) is 18.9. The molecule has 31 heavy (non-hydrogen) atoms. The van der Waals surface area contributed by atoms with E-state index < -0.39 is 38.7 Å². The highest BCUT2D eigenvalue weighted by Gasteiger charge is 2.33. The molecule has 0 saturated carbocycles. The number of carboxylic acid groups (broad SMARTS) is 1. The molecule has 1 aliphatic rings. The molecule has 1 atom stereocenters. The number of hydrogen-bond donors (Lipinski definition) is 3. The minimum Gasteiger partial charge on any atom is -0.495 e. The Morgan fingerprint density at radius 3 is 2.48 bits per heavy atom. The van der Waals surface area contributed by atoms with E-state index in [0.29, 0.717) is 19.0 Å². The van der Waals surface area contributed by atoms with Gasteiger partial charge in [-0.2, -0.15) is 13.2 Å². The number of aliphatic hydroxyl groups excluding tert-OH is 1. The number of halogens is 3. The molecule has 0 unspecified atom stereocenters. The van der Waals surface area contributed by atoms with Crippen LogP contribution in [0.4, 0.5) is 24.5 Å². The molecule has 12 heteroatoms. The molecule has 0 aromatic heterocycles. The second-order valence-electron chi connectivity index (χ2n) is 6.89. The van der Waals surface area contributed by atoms with E-state index in [0.717, 1.165) is 30.3 Å². The van der Waals surface area contributed by atoms with Gasteiger partial charge in [0.1, 0.15) is 10.6 Å². The van der Waals surface area contributed by atoms with Crippen LogP contribution < -0.4 is 14.4 Å². The van der Waals surface area contributed by atoms with Crippen molar-refractivity contribution in [1.82, 2.24) is 0 Å². The summed E-state index contributed by atoms with van der Waals surface area (Å²) < 4.78 is 72.9. The second-order valence-corrected chi connectivity index (χ2v) is 8.55. The molecule has 3 rings (SSSR count). The first-order valence-corrected chi connectivity index (χ1v) is 10.5. The summed E-state index contributed by atoms with van der Waals surface area (Å²) in [5.74, 6) is -1.56. The van der Waals surface area contributed by atoms with Gasteiger partial charge in [-0.3, -0.25) is 4.72 Å². The lowest BCUT2D eigenvalue weighted by atomic mass is 10.1. The monoisotopic (exact) mass is 460 g/mol. The number of aliphatic hydroxyl groups is 1. The zero-order chi connectivity index (χ0) is 23.0. The molecule has 1 heterocycles. The number of hydrogen-bond acceptors (Lipinski definition) is 6. The average molecular weight is 460 g/mol. The highest BCUT2D eigenvalue weighted by atomic mass is 32.2. The largest absolute Gasteiger partial charge is 0.495 e. The molecule has 1 fully saturated rings. The Balaban J connectivity index is 2.09. The SMILES string of the molecule is COc1ccc(C(=O)O)cc1S(=O)(=O)Nc1cc(C(F)(F)F)ccc1N1CC[C@@H](O)C1.